The van der Waals surface area contributed by atoms with Gasteiger partial charge in [0.25, 0.3) is 0 Å². The molecule has 0 N–H and O–H groups in total. The van der Waals surface area contributed by atoms with Crippen LogP contribution in [-0.2, 0) is 0 Å². The Bertz CT molecular complexity index is 491. The maximum Gasteiger partial charge on any atom is 0.216 e. The monoisotopic (exact) mass is 231 g/mol. The Balaban J connectivity index is 2.28. The van der Waals surface area contributed by atoms with Gasteiger partial charge >= 0.3 is 0 Å². The fraction of sp³-hybridized carbons (Fsp3) is 0. The highest BCUT2D eigenvalue weighted by Crippen LogP contribution is 2.11. The lowest BCUT2D eigenvalue weighted by molar-refractivity contribution is -0.354. The first kappa shape index (κ1) is 10.7. The molecular formula is C13H10ClNO. The van der Waals surface area contributed by atoms with Gasteiger partial charge in [0.05, 0.1) is 0 Å². The van der Waals surface area contributed by atoms with Crippen molar-refractivity contribution in [1.29, 1.82) is 0 Å². The van der Waals surface area contributed by atoms with Crippen molar-refractivity contribution in [1.82, 2.24) is 0 Å². The van der Waals surface area contributed by atoms with Crippen LogP contribution in [0.4, 0.5) is 5.69 Å². The zero-order valence-corrected chi connectivity index (χ0v) is 9.26. The smallest absolute Gasteiger partial charge is 0.216 e. The first-order chi connectivity index (χ1) is 7.75. The number of nitrogens with zero attached hydrogens (tertiary/aromatic N) is 1. The molecule has 80 valence electrons. The maximum absolute atomic E-state index is 11.7. The minimum atomic E-state index is 0.609. The van der Waals surface area contributed by atoms with Gasteiger partial charge in [-0.3, -0.25) is 0 Å². The van der Waals surface area contributed by atoms with Crippen LogP contribution in [0.1, 0.15) is 5.56 Å². The van der Waals surface area contributed by atoms with Gasteiger partial charge in [0.2, 0.25) is 5.69 Å². The summed E-state index contributed by atoms with van der Waals surface area (Å²) in [6.07, 6.45) is 1.52. The zero-order valence-electron chi connectivity index (χ0n) is 8.51. The molecule has 2 nitrogen and oxygen atoms in total. The molecule has 0 amide bonds. The lowest BCUT2D eigenvalue weighted by atomic mass is 10.2. The molecule has 0 aromatic heterocycles. The van der Waals surface area contributed by atoms with Crippen molar-refractivity contribution in [3.05, 3.63) is 70.4 Å². The van der Waals surface area contributed by atoms with Crippen LogP contribution < -0.4 is 0 Å². The van der Waals surface area contributed by atoms with Gasteiger partial charge in [-0.1, -0.05) is 29.8 Å². The van der Waals surface area contributed by atoms with E-state index in [0.717, 1.165) is 10.3 Å². The van der Waals surface area contributed by atoms with E-state index in [2.05, 4.69) is 0 Å². The second-order valence-electron chi connectivity index (χ2n) is 3.34. The second-order valence-corrected chi connectivity index (χ2v) is 3.78. The summed E-state index contributed by atoms with van der Waals surface area (Å²) < 4.78 is 0.837. The molecule has 0 bridgehead atoms. The maximum atomic E-state index is 11.7. The van der Waals surface area contributed by atoms with Crippen molar-refractivity contribution in [3.63, 3.8) is 0 Å². The minimum Gasteiger partial charge on any atom is -0.618 e. The normalized spacial score (nSPS) is 11.4. The lowest BCUT2D eigenvalue weighted by Gasteiger charge is -2.02. The Labute approximate surface area is 99.0 Å². The van der Waals surface area contributed by atoms with E-state index in [1.807, 2.05) is 18.2 Å². The van der Waals surface area contributed by atoms with Gasteiger partial charge < -0.3 is 5.21 Å². The first-order valence-corrected chi connectivity index (χ1v) is 5.25. The number of rotatable bonds is 2. The van der Waals surface area contributed by atoms with Gasteiger partial charge in [0, 0.05) is 22.7 Å². The molecule has 2 aromatic rings. The minimum absolute atomic E-state index is 0.609. The fourth-order valence-electron chi connectivity index (χ4n) is 1.33. The highest BCUT2D eigenvalue weighted by atomic mass is 35.5. The molecular weight excluding hydrogens is 222 g/mol. The van der Waals surface area contributed by atoms with Crippen LogP contribution in [0, 0.1) is 5.21 Å². The van der Waals surface area contributed by atoms with Crippen molar-refractivity contribution in [2.24, 2.45) is 0 Å². The lowest BCUT2D eigenvalue weighted by Crippen LogP contribution is -1.98. The molecule has 0 atom stereocenters. The Morgan fingerprint density at radius 1 is 0.938 bits per heavy atom. The van der Waals surface area contributed by atoms with Crippen LogP contribution in [-0.4, -0.2) is 11.0 Å². The summed E-state index contributed by atoms with van der Waals surface area (Å²) >= 11 is 5.76. The van der Waals surface area contributed by atoms with Crippen molar-refractivity contribution in [2.75, 3.05) is 0 Å². The van der Waals surface area contributed by atoms with E-state index in [1.165, 1.54) is 6.21 Å². The van der Waals surface area contributed by atoms with Crippen molar-refractivity contribution in [3.8, 4) is 0 Å². The summed E-state index contributed by atoms with van der Waals surface area (Å²) in [4.78, 5) is 0. The summed E-state index contributed by atoms with van der Waals surface area (Å²) in [5, 5.41) is 12.4. The van der Waals surface area contributed by atoms with Crippen LogP contribution >= 0.6 is 11.6 Å². The number of hydrogen-bond donors (Lipinski definition) is 0. The third-order valence-corrected chi connectivity index (χ3v) is 2.40. The molecule has 0 fully saturated rings. The molecule has 0 saturated carbocycles. The van der Waals surface area contributed by atoms with Gasteiger partial charge in [-0.25, -0.2) is 0 Å². The van der Waals surface area contributed by atoms with Crippen molar-refractivity contribution < 1.29 is 4.74 Å². The summed E-state index contributed by atoms with van der Waals surface area (Å²) in [5.41, 5.74) is 1.43. The van der Waals surface area contributed by atoms with E-state index >= 15 is 0 Å². The van der Waals surface area contributed by atoms with Crippen LogP contribution in [0.25, 0.3) is 0 Å². The number of benzene rings is 2. The Hall–Kier alpha value is -1.80. The van der Waals surface area contributed by atoms with Crippen LogP contribution in [0.5, 0.6) is 0 Å². The zero-order chi connectivity index (χ0) is 11.4. The summed E-state index contributed by atoms with van der Waals surface area (Å²) in [5.74, 6) is 0. The third-order valence-electron chi connectivity index (χ3n) is 2.15. The van der Waals surface area contributed by atoms with Gasteiger partial charge in [-0.05, 0) is 24.3 Å². The van der Waals surface area contributed by atoms with E-state index in [0.29, 0.717) is 10.7 Å². The standard InChI is InChI=1S/C13H10ClNO/c14-12-8-6-11(7-9-12)10-15(16)13-4-2-1-3-5-13/h1-10H/b15-10+. The SMILES string of the molecule is [O-]/[N+](=C/c1ccc(Cl)cc1)c1ccccc1. The van der Waals surface area contributed by atoms with Crippen LogP contribution in [0.3, 0.4) is 0 Å². The average molecular weight is 232 g/mol. The number of para-hydroxylation sites is 1. The molecule has 0 aliphatic rings. The fourth-order valence-corrected chi connectivity index (χ4v) is 1.46. The second kappa shape index (κ2) is 4.81. The number of hydrogen-bond acceptors (Lipinski definition) is 1. The molecule has 2 aromatic carbocycles. The van der Waals surface area contributed by atoms with Gasteiger partial charge in [0.1, 0.15) is 0 Å². The Morgan fingerprint density at radius 3 is 2.19 bits per heavy atom. The third kappa shape index (κ3) is 2.61. The van der Waals surface area contributed by atoms with Crippen LogP contribution in [0.15, 0.2) is 54.6 Å². The molecule has 3 heteroatoms. The molecule has 0 radical (unpaired) electrons. The highest BCUT2D eigenvalue weighted by Gasteiger charge is 1.99. The summed E-state index contributed by atoms with van der Waals surface area (Å²) in [6.45, 7) is 0. The molecule has 0 aliphatic heterocycles. The van der Waals surface area contributed by atoms with Crippen molar-refractivity contribution in [2.45, 2.75) is 0 Å². The molecule has 0 saturated heterocycles. The molecule has 0 heterocycles. The molecule has 0 spiro atoms. The van der Waals surface area contributed by atoms with Gasteiger partial charge in [-0.15, -0.1) is 0 Å². The Kier molecular flexibility index (Phi) is 3.22. The van der Waals surface area contributed by atoms with Gasteiger partial charge in [-0.2, -0.15) is 4.74 Å². The Morgan fingerprint density at radius 2 is 1.56 bits per heavy atom. The van der Waals surface area contributed by atoms with Crippen LogP contribution in [0.2, 0.25) is 5.02 Å². The van der Waals surface area contributed by atoms with Gasteiger partial charge in [0.15, 0.2) is 6.21 Å². The first-order valence-electron chi connectivity index (χ1n) is 4.87. The topological polar surface area (TPSA) is 26.1 Å². The van der Waals surface area contributed by atoms with E-state index in [4.69, 9.17) is 11.6 Å². The van der Waals surface area contributed by atoms with E-state index < -0.39 is 0 Å². The van der Waals surface area contributed by atoms with E-state index in [9.17, 15) is 5.21 Å². The predicted octanol–water partition coefficient (Wildman–Crippen LogP) is 3.60. The van der Waals surface area contributed by atoms with E-state index in [-0.39, 0.29) is 0 Å². The molecule has 0 unspecified atom stereocenters. The summed E-state index contributed by atoms with van der Waals surface area (Å²) in [7, 11) is 0. The molecule has 16 heavy (non-hydrogen) atoms. The average Bonchev–Trinajstić information content (AvgIpc) is 2.33. The molecule has 2 rings (SSSR count). The quantitative estimate of drug-likeness (QED) is 0.336. The number of halogens is 1. The molecule has 0 aliphatic carbocycles. The van der Waals surface area contributed by atoms with Crippen molar-refractivity contribution >= 4 is 23.5 Å². The predicted molar refractivity (Wildman–Crippen MR) is 66.3 cm³/mol. The van der Waals surface area contributed by atoms with E-state index in [1.54, 1.807) is 36.4 Å². The summed E-state index contributed by atoms with van der Waals surface area (Å²) in [6, 6.07) is 16.2. The highest BCUT2D eigenvalue weighted by molar-refractivity contribution is 6.30. The largest absolute Gasteiger partial charge is 0.618 e.